The maximum Gasteiger partial charge on any atom is 0.416 e. The van der Waals surface area contributed by atoms with E-state index >= 15 is 0 Å². The number of methoxy groups -OCH3 is 1. The van der Waals surface area contributed by atoms with Crippen molar-refractivity contribution in [3.63, 3.8) is 0 Å². The van der Waals surface area contributed by atoms with Gasteiger partial charge in [0.15, 0.2) is 0 Å². The highest BCUT2D eigenvalue weighted by molar-refractivity contribution is 5.87. The van der Waals surface area contributed by atoms with Crippen LogP contribution in [0.15, 0.2) is 63.8 Å². The van der Waals surface area contributed by atoms with E-state index in [1.54, 1.807) is 12.1 Å². The summed E-state index contributed by atoms with van der Waals surface area (Å²) >= 11 is 0. The quantitative estimate of drug-likeness (QED) is 0.354. The number of esters is 1. The van der Waals surface area contributed by atoms with Gasteiger partial charge in [-0.05, 0) is 35.9 Å². The molecule has 3 aromatic rings. The molecule has 0 saturated heterocycles. The van der Waals surface area contributed by atoms with Gasteiger partial charge in [0.05, 0.1) is 12.7 Å². The third kappa shape index (κ3) is 5.04. The molecule has 8 heteroatoms. The molecule has 0 unspecified atom stereocenters. The summed E-state index contributed by atoms with van der Waals surface area (Å²) in [5.41, 5.74) is -0.515. The zero-order valence-electron chi connectivity index (χ0n) is 15.2. The van der Waals surface area contributed by atoms with Crippen molar-refractivity contribution in [3.05, 3.63) is 81.7 Å². The van der Waals surface area contributed by atoms with Gasteiger partial charge in [0.25, 0.3) is 0 Å². The molecule has 1 heterocycles. The molecule has 0 spiro atoms. The van der Waals surface area contributed by atoms with E-state index < -0.39 is 23.3 Å². The average Bonchev–Trinajstić information content (AvgIpc) is 2.69. The Hall–Kier alpha value is -3.55. The molecular weight excluding hydrogens is 389 g/mol. The lowest BCUT2D eigenvalue weighted by molar-refractivity contribution is -0.139. The van der Waals surface area contributed by atoms with Gasteiger partial charge in [-0.15, -0.1) is 0 Å². The number of ether oxygens (including phenoxy) is 2. The average molecular weight is 404 g/mol. The van der Waals surface area contributed by atoms with Gasteiger partial charge in [-0.1, -0.05) is 12.1 Å². The summed E-state index contributed by atoms with van der Waals surface area (Å²) in [5, 5.41) is 0.569. The number of hydrogen-bond donors (Lipinski definition) is 0. The van der Waals surface area contributed by atoms with Crippen LogP contribution in [0.5, 0.6) is 5.75 Å². The normalized spacial score (nSPS) is 11.7. The number of carbonyl (C=O) groups excluding carboxylic acids is 1. The fourth-order valence-electron chi connectivity index (χ4n) is 2.64. The SMILES string of the molecule is COc1ccc2c(COC(=O)C=Cc3cccc(C(F)(F)F)c3)cc(=O)oc2c1. The second-order valence-electron chi connectivity index (χ2n) is 6.02. The summed E-state index contributed by atoms with van der Waals surface area (Å²) in [5.74, 6) is -0.267. The Morgan fingerprint density at radius 2 is 1.93 bits per heavy atom. The first-order chi connectivity index (χ1) is 13.8. The summed E-state index contributed by atoms with van der Waals surface area (Å²) in [7, 11) is 1.47. The maximum absolute atomic E-state index is 12.7. The lowest BCUT2D eigenvalue weighted by Crippen LogP contribution is -2.06. The predicted molar refractivity (Wildman–Crippen MR) is 99.3 cm³/mol. The van der Waals surface area contributed by atoms with Gasteiger partial charge >= 0.3 is 17.8 Å². The van der Waals surface area contributed by atoms with Crippen LogP contribution in [0.1, 0.15) is 16.7 Å². The number of benzene rings is 2. The molecule has 0 fully saturated rings. The van der Waals surface area contributed by atoms with Crippen LogP contribution in [-0.2, 0) is 22.3 Å². The summed E-state index contributed by atoms with van der Waals surface area (Å²) < 4.78 is 53.5. The van der Waals surface area contributed by atoms with E-state index in [2.05, 4.69) is 0 Å². The van der Waals surface area contributed by atoms with Crippen LogP contribution < -0.4 is 10.4 Å². The van der Waals surface area contributed by atoms with Crippen LogP contribution in [-0.4, -0.2) is 13.1 Å². The Morgan fingerprint density at radius 3 is 2.66 bits per heavy atom. The second kappa shape index (κ2) is 8.22. The van der Waals surface area contributed by atoms with Gasteiger partial charge in [0, 0.05) is 29.2 Å². The molecular formula is C21H15F3O5. The Bertz CT molecular complexity index is 1130. The van der Waals surface area contributed by atoms with Crippen LogP contribution in [0.3, 0.4) is 0 Å². The van der Waals surface area contributed by atoms with Gasteiger partial charge < -0.3 is 13.9 Å². The molecule has 3 rings (SSSR count). The van der Waals surface area contributed by atoms with Crippen LogP contribution in [0.4, 0.5) is 13.2 Å². The lowest BCUT2D eigenvalue weighted by Gasteiger charge is -2.07. The van der Waals surface area contributed by atoms with E-state index in [1.807, 2.05) is 0 Å². The first-order valence-corrected chi connectivity index (χ1v) is 8.39. The summed E-state index contributed by atoms with van der Waals surface area (Å²) in [4.78, 5) is 23.7. The Morgan fingerprint density at radius 1 is 1.14 bits per heavy atom. The molecule has 2 aromatic carbocycles. The molecule has 0 aliphatic heterocycles. The first kappa shape index (κ1) is 20.2. The van der Waals surface area contributed by atoms with Crippen LogP contribution in [0.25, 0.3) is 17.0 Å². The minimum absolute atomic E-state index is 0.203. The van der Waals surface area contributed by atoms with Gasteiger partial charge in [-0.25, -0.2) is 9.59 Å². The fourth-order valence-corrected chi connectivity index (χ4v) is 2.64. The van der Waals surface area contributed by atoms with E-state index in [-0.39, 0.29) is 17.8 Å². The van der Waals surface area contributed by atoms with E-state index in [4.69, 9.17) is 13.9 Å². The van der Waals surface area contributed by atoms with Crippen molar-refractivity contribution in [2.75, 3.05) is 7.11 Å². The van der Waals surface area contributed by atoms with Gasteiger partial charge in [-0.2, -0.15) is 13.2 Å². The molecule has 0 saturated carbocycles. The molecule has 5 nitrogen and oxygen atoms in total. The van der Waals surface area contributed by atoms with Crippen LogP contribution in [0, 0.1) is 0 Å². The Kier molecular flexibility index (Phi) is 5.72. The van der Waals surface area contributed by atoms with Gasteiger partial charge in [0.1, 0.15) is 17.9 Å². The highest BCUT2D eigenvalue weighted by Gasteiger charge is 2.30. The molecule has 0 bridgehead atoms. The number of fused-ring (bicyclic) bond motifs is 1. The Balaban J connectivity index is 1.73. The minimum Gasteiger partial charge on any atom is -0.497 e. The van der Waals surface area contributed by atoms with Crippen LogP contribution in [0.2, 0.25) is 0 Å². The van der Waals surface area contributed by atoms with Crippen molar-refractivity contribution in [1.29, 1.82) is 0 Å². The van der Waals surface area contributed by atoms with E-state index in [9.17, 15) is 22.8 Å². The van der Waals surface area contributed by atoms with E-state index in [0.717, 1.165) is 18.2 Å². The zero-order valence-corrected chi connectivity index (χ0v) is 15.2. The largest absolute Gasteiger partial charge is 0.497 e. The van der Waals surface area contributed by atoms with Crippen molar-refractivity contribution in [2.24, 2.45) is 0 Å². The summed E-state index contributed by atoms with van der Waals surface area (Å²) in [6.45, 7) is -0.208. The van der Waals surface area contributed by atoms with Crippen molar-refractivity contribution < 1.29 is 31.9 Å². The van der Waals surface area contributed by atoms with E-state index in [0.29, 0.717) is 16.7 Å². The number of alkyl halides is 3. The topological polar surface area (TPSA) is 65.7 Å². The predicted octanol–water partition coefficient (Wildman–Crippen LogP) is 4.58. The summed E-state index contributed by atoms with van der Waals surface area (Å²) in [6.07, 6.45) is -2.23. The maximum atomic E-state index is 12.7. The monoisotopic (exact) mass is 404 g/mol. The van der Waals surface area contributed by atoms with E-state index in [1.165, 1.54) is 37.5 Å². The Labute approximate surface area is 163 Å². The fraction of sp³-hybridized carbons (Fsp3) is 0.143. The molecule has 0 aliphatic carbocycles. The van der Waals surface area contributed by atoms with Crippen molar-refractivity contribution in [1.82, 2.24) is 0 Å². The molecule has 0 atom stereocenters. The van der Waals surface area contributed by atoms with Crippen molar-refractivity contribution in [2.45, 2.75) is 12.8 Å². The molecule has 29 heavy (non-hydrogen) atoms. The third-order valence-electron chi connectivity index (χ3n) is 4.03. The number of halogens is 3. The van der Waals surface area contributed by atoms with Crippen LogP contribution >= 0.6 is 0 Å². The van der Waals surface area contributed by atoms with Crippen molar-refractivity contribution >= 4 is 23.0 Å². The number of carbonyl (C=O) groups is 1. The molecule has 1 aromatic heterocycles. The minimum atomic E-state index is -4.47. The molecule has 0 amide bonds. The number of hydrogen-bond acceptors (Lipinski definition) is 5. The lowest BCUT2D eigenvalue weighted by atomic mass is 10.1. The number of rotatable bonds is 5. The molecule has 0 aliphatic rings. The van der Waals surface area contributed by atoms with Crippen molar-refractivity contribution in [3.8, 4) is 5.75 Å². The molecule has 150 valence electrons. The van der Waals surface area contributed by atoms with Gasteiger partial charge in [-0.3, -0.25) is 0 Å². The zero-order chi connectivity index (χ0) is 21.0. The highest BCUT2D eigenvalue weighted by Crippen LogP contribution is 2.29. The third-order valence-corrected chi connectivity index (χ3v) is 4.03. The smallest absolute Gasteiger partial charge is 0.416 e. The standard InChI is InChI=1S/C21H15F3O5/c1-27-16-6-7-17-14(10-20(26)29-18(17)11-16)12-28-19(25)8-5-13-3-2-4-15(9-13)21(22,23)24/h2-11H,12H2,1H3. The summed E-state index contributed by atoms with van der Waals surface area (Å²) in [6, 6.07) is 10.6. The second-order valence-corrected chi connectivity index (χ2v) is 6.02. The highest BCUT2D eigenvalue weighted by atomic mass is 19.4. The first-order valence-electron chi connectivity index (χ1n) is 8.39. The molecule has 0 N–H and O–H groups in total. The van der Waals surface area contributed by atoms with Gasteiger partial charge in [0.2, 0.25) is 0 Å². The molecule has 0 radical (unpaired) electrons.